The number of benzene rings is 1. The summed E-state index contributed by atoms with van der Waals surface area (Å²) in [5.74, 6) is -0.170. The number of alkyl halides is 2. The molecule has 4 N–H and O–H groups in total. The molecule has 0 saturated heterocycles. The fraction of sp³-hybridized carbons (Fsp3) is 0.222. The van der Waals surface area contributed by atoms with Crippen molar-refractivity contribution in [3.05, 3.63) is 16.7 Å². The van der Waals surface area contributed by atoms with Crippen LogP contribution in [0.3, 0.4) is 0 Å². The predicted octanol–water partition coefficient (Wildman–Crippen LogP) is 2.02. The second-order valence-electron chi connectivity index (χ2n) is 2.88. The molecule has 7 heteroatoms. The number of rotatable bonds is 3. The lowest BCUT2D eigenvalue weighted by atomic mass is 10.1. The molecule has 0 amide bonds. The summed E-state index contributed by atoms with van der Waals surface area (Å²) < 4.78 is 28.6. The van der Waals surface area contributed by atoms with E-state index in [1.54, 1.807) is 6.07 Å². The Hall–Kier alpha value is -1.74. The topological polar surface area (TPSA) is 85.1 Å². The molecule has 0 spiro atoms. The van der Waals surface area contributed by atoms with Gasteiger partial charge in [-0.05, 0) is 6.07 Å². The van der Waals surface area contributed by atoms with Crippen molar-refractivity contribution in [1.29, 1.82) is 5.26 Å². The highest BCUT2D eigenvalue weighted by Crippen LogP contribution is 2.37. The number of hydrogen-bond acceptors (Lipinski definition) is 4. The van der Waals surface area contributed by atoms with Crippen molar-refractivity contribution in [2.75, 3.05) is 18.1 Å². The molecule has 0 heterocycles. The van der Waals surface area contributed by atoms with Crippen LogP contribution in [0.4, 0.5) is 20.2 Å². The summed E-state index contributed by atoms with van der Waals surface area (Å²) in [4.78, 5) is 0. The molecule has 4 nitrogen and oxygen atoms in total. The highest BCUT2D eigenvalue weighted by atomic mass is 35.5. The molecule has 1 rings (SSSR count). The van der Waals surface area contributed by atoms with Crippen LogP contribution < -0.4 is 16.2 Å². The van der Waals surface area contributed by atoms with Crippen molar-refractivity contribution in [3.8, 4) is 11.8 Å². The first-order valence-electron chi connectivity index (χ1n) is 4.15. The molecule has 0 unspecified atom stereocenters. The molecule has 0 bridgehead atoms. The SMILES string of the molecule is N#Cc1cc(N)c(N)c(Cl)c1OCC(F)F. The number of nitrogens with zero attached hydrogens (tertiary/aromatic N) is 1. The van der Waals surface area contributed by atoms with Gasteiger partial charge in [-0.1, -0.05) is 11.6 Å². The van der Waals surface area contributed by atoms with Crippen molar-refractivity contribution < 1.29 is 13.5 Å². The number of hydrogen-bond donors (Lipinski definition) is 2. The molecular formula is C9H8ClF2N3O. The minimum atomic E-state index is -2.67. The molecule has 0 aliphatic carbocycles. The summed E-state index contributed by atoms with van der Waals surface area (Å²) in [6.07, 6.45) is -2.67. The van der Waals surface area contributed by atoms with Gasteiger partial charge in [0.15, 0.2) is 5.75 Å². The minimum Gasteiger partial charge on any atom is -0.485 e. The summed E-state index contributed by atoms with van der Waals surface area (Å²) in [6.45, 7) is -0.863. The van der Waals surface area contributed by atoms with Crippen LogP contribution in [0.1, 0.15) is 5.56 Å². The van der Waals surface area contributed by atoms with Gasteiger partial charge in [0.05, 0.1) is 16.9 Å². The number of nitriles is 1. The van der Waals surface area contributed by atoms with E-state index < -0.39 is 13.0 Å². The average Bonchev–Trinajstić information content (AvgIpc) is 2.23. The lowest BCUT2D eigenvalue weighted by Crippen LogP contribution is -2.09. The van der Waals surface area contributed by atoms with E-state index in [-0.39, 0.29) is 27.7 Å². The van der Waals surface area contributed by atoms with Crippen LogP contribution >= 0.6 is 11.6 Å². The zero-order valence-electron chi connectivity index (χ0n) is 8.01. The maximum atomic E-state index is 12.0. The van der Waals surface area contributed by atoms with Gasteiger partial charge in [-0.2, -0.15) is 5.26 Å². The summed E-state index contributed by atoms with van der Waals surface area (Å²) in [5, 5.41) is 8.62. The van der Waals surface area contributed by atoms with Crippen LogP contribution in [-0.4, -0.2) is 13.0 Å². The zero-order chi connectivity index (χ0) is 12.3. The molecule has 16 heavy (non-hydrogen) atoms. The summed E-state index contributed by atoms with van der Waals surface area (Å²) in [6, 6.07) is 2.96. The van der Waals surface area contributed by atoms with Crippen molar-refractivity contribution in [2.24, 2.45) is 0 Å². The van der Waals surface area contributed by atoms with E-state index >= 15 is 0 Å². The number of anilines is 2. The number of nitrogens with two attached hydrogens (primary N) is 2. The van der Waals surface area contributed by atoms with E-state index in [1.165, 1.54) is 6.07 Å². The number of nitrogen functional groups attached to an aromatic ring is 2. The number of halogens is 3. The largest absolute Gasteiger partial charge is 0.485 e. The van der Waals surface area contributed by atoms with Crippen molar-refractivity contribution in [2.45, 2.75) is 6.43 Å². The molecular weight excluding hydrogens is 240 g/mol. The second kappa shape index (κ2) is 4.86. The van der Waals surface area contributed by atoms with E-state index in [9.17, 15) is 8.78 Å². The Kier molecular flexibility index (Phi) is 3.74. The van der Waals surface area contributed by atoms with Crippen molar-refractivity contribution >= 4 is 23.0 Å². The summed E-state index contributed by atoms with van der Waals surface area (Å²) in [5.41, 5.74) is 11.0. The van der Waals surface area contributed by atoms with Crippen LogP contribution in [0, 0.1) is 11.3 Å². The standard InChI is InChI=1S/C9H8ClF2N3O/c10-7-8(15)5(14)1-4(2-13)9(7)16-3-6(11)12/h1,6H,3,14-15H2. The van der Waals surface area contributed by atoms with Gasteiger partial charge < -0.3 is 16.2 Å². The first kappa shape index (κ1) is 12.3. The number of ether oxygens (including phenoxy) is 1. The Balaban J connectivity index is 3.16. The van der Waals surface area contributed by atoms with E-state index in [0.717, 1.165) is 0 Å². The Bertz CT molecular complexity index is 445. The maximum absolute atomic E-state index is 12.0. The van der Waals surface area contributed by atoms with Gasteiger partial charge in [0, 0.05) is 0 Å². The third kappa shape index (κ3) is 2.44. The van der Waals surface area contributed by atoms with E-state index in [1.807, 2.05) is 0 Å². The Morgan fingerprint density at radius 1 is 1.50 bits per heavy atom. The van der Waals surface area contributed by atoms with Crippen LogP contribution in [0.5, 0.6) is 5.75 Å². The van der Waals surface area contributed by atoms with E-state index in [0.29, 0.717) is 0 Å². The molecule has 1 aromatic carbocycles. The van der Waals surface area contributed by atoms with Crippen molar-refractivity contribution in [1.82, 2.24) is 0 Å². The molecule has 0 saturated carbocycles. The molecule has 0 atom stereocenters. The Morgan fingerprint density at radius 3 is 2.62 bits per heavy atom. The smallest absolute Gasteiger partial charge is 0.272 e. The second-order valence-corrected chi connectivity index (χ2v) is 3.26. The first-order chi connectivity index (χ1) is 7.47. The molecule has 1 aromatic rings. The highest BCUT2D eigenvalue weighted by molar-refractivity contribution is 6.35. The highest BCUT2D eigenvalue weighted by Gasteiger charge is 2.16. The molecule has 0 aromatic heterocycles. The van der Waals surface area contributed by atoms with Gasteiger partial charge in [-0.25, -0.2) is 8.78 Å². The first-order valence-corrected chi connectivity index (χ1v) is 4.53. The van der Waals surface area contributed by atoms with Crippen LogP contribution in [0.25, 0.3) is 0 Å². The average molecular weight is 248 g/mol. The summed E-state index contributed by atoms with van der Waals surface area (Å²) >= 11 is 5.74. The predicted molar refractivity (Wildman–Crippen MR) is 56.5 cm³/mol. The molecule has 86 valence electrons. The normalized spacial score (nSPS) is 10.2. The van der Waals surface area contributed by atoms with Crippen molar-refractivity contribution in [3.63, 3.8) is 0 Å². The molecule has 0 fully saturated rings. The zero-order valence-corrected chi connectivity index (χ0v) is 8.76. The summed E-state index contributed by atoms with van der Waals surface area (Å²) in [7, 11) is 0. The molecule has 0 aliphatic heterocycles. The van der Waals surface area contributed by atoms with Gasteiger partial charge in [-0.15, -0.1) is 0 Å². The van der Waals surface area contributed by atoms with Gasteiger partial charge in [-0.3, -0.25) is 0 Å². The fourth-order valence-corrected chi connectivity index (χ4v) is 1.30. The Morgan fingerprint density at radius 2 is 2.12 bits per heavy atom. The van der Waals surface area contributed by atoms with Crippen LogP contribution in [0.2, 0.25) is 5.02 Å². The van der Waals surface area contributed by atoms with Gasteiger partial charge >= 0.3 is 0 Å². The lowest BCUT2D eigenvalue weighted by molar-refractivity contribution is 0.0818. The van der Waals surface area contributed by atoms with Gasteiger partial charge in [0.25, 0.3) is 6.43 Å². The lowest BCUT2D eigenvalue weighted by Gasteiger charge is -2.12. The third-order valence-electron chi connectivity index (χ3n) is 1.77. The van der Waals surface area contributed by atoms with Gasteiger partial charge in [0.2, 0.25) is 0 Å². The third-order valence-corrected chi connectivity index (χ3v) is 2.14. The fourth-order valence-electron chi connectivity index (χ4n) is 1.04. The van der Waals surface area contributed by atoms with Crippen LogP contribution in [0.15, 0.2) is 6.07 Å². The quantitative estimate of drug-likeness (QED) is 0.800. The van der Waals surface area contributed by atoms with Gasteiger partial charge in [0.1, 0.15) is 17.7 Å². The minimum absolute atomic E-state index is 0.00457. The van der Waals surface area contributed by atoms with Crippen LogP contribution in [-0.2, 0) is 0 Å². The molecule has 0 aliphatic rings. The maximum Gasteiger partial charge on any atom is 0.272 e. The Labute approximate surface area is 95.3 Å². The van der Waals surface area contributed by atoms with E-state index in [4.69, 9.17) is 33.1 Å². The van der Waals surface area contributed by atoms with E-state index in [2.05, 4.69) is 0 Å². The monoisotopic (exact) mass is 247 g/mol. The molecule has 0 radical (unpaired) electrons.